The zero-order valence-electron chi connectivity index (χ0n) is 13.5. The molecule has 0 bridgehead atoms. The number of unbranched alkanes of at least 4 members (excludes halogenated alkanes) is 2. The van der Waals surface area contributed by atoms with Gasteiger partial charge >= 0.3 is 0 Å². The van der Waals surface area contributed by atoms with Gasteiger partial charge in [0, 0.05) is 22.6 Å². The third-order valence-electron chi connectivity index (χ3n) is 3.44. The minimum Gasteiger partial charge on any atom is -0.329 e. The molecule has 2 aromatic rings. The highest BCUT2D eigenvalue weighted by Crippen LogP contribution is 2.18. The zero-order valence-corrected chi connectivity index (χ0v) is 15.9. The van der Waals surface area contributed by atoms with E-state index in [9.17, 15) is 9.59 Å². The summed E-state index contributed by atoms with van der Waals surface area (Å²) in [5.74, 6) is -0.380. The molecule has 0 atom stereocenters. The van der Waals surface area contributed by atoms with E-state index in [0.29, 0.717) is 17.2 Å². The second-order valence-electron chi connectivity index (χ2n) is 5.30. The molecule has 1 aromatic carbocycles. The highest BCUT2D eigenvalue weighted by molar-refractivity contribution is 9.10. The highest BCUT2D eigenvalue weighted by atomic mass is 79.9. The first kappa shape index (κ1) is 18.6. The third-order valence-corrected chi connectivity index (χ3v) is 4.82. The van der Waals surface area contributed by atoms with E-state index in [1.165, 1.54) is 11.3 Å². The van der Waals surface area contributed by atoms with Crippen LogP contribution in [0.25, 0.3) is 0 Å². The summed E-state index contributed by atoms with van der Waals surface area (Å²) in [5.41, 5.74) is 0.566. The van der Waals surface area contributed by atoms with Crippen molar-refractivity contribution < 1.29 is 9.59 Å². The molecule has 0 saturated heterocycles. The Morgan fingerprint density at radius 1 is 1.29 bits per heavy atom. The van der Waals surface area contributed by atoms with Gasteiger partial charge in [-0.25, -0.2) is 4.98 Å². The van der Waals surface area contributed by atoms with Gasteiger partial charge in [-0.1, -0.05) is 31.9 Å². The van der Waals surface area contributed by atoms with Crippen LogP contribution in [0.1, 0.15) is 36.5 Å². The molecule has 0 fully saturated rings. The van der Waals surface area contributed by atoms with E-state index in [4.69, 9.17) is 0 Å². The number of nitrogens with one attached hydrogen (secondary N) is 1. The molecular weight excluding hydrogens is 390 g/mol. The number of rotatable bonds is 8. The van der Waals surface area contributed by atoms with Gasteiger partial charge in [0.1, 0.15) is 6.54 Å². The minimum atomic E-state index is -0.234. The van der Waals surface area contributed by atoms with Gasteiger partial charge < -0.3 is 10.2 Å². The van der Waals surface area contributed by atoms with Crippen LogP contribution in [0.5, 0.6) is 0 Å². The molecule has 0 saturated carbocycles. The predicted molar refractivity (Wildman–Crippen MR) is 100 cm³/mol. The number of aromatic nitrogens is 1. The summed E-state index contributed by atoms with van der Waals surface area (Å²) in [6.45, 7) is 2.68. The first-order valence-electron chi connectivity index (χ1n) is 7.85. The first-order chi connectivity index (χ1) is 11.6. The molecule has 128 valence electrons. The van der Waals surface area contributed by atoms with Crippen LogP contribution >= 0.6 is 27.3 Å². The smallest absolute Gasteiger partial charge is 0.255 e. The average molecular weight is 410 g/mol. The van der Waals surface area contributed by atoms with Gasteiger partial charge in [0.15, 0.2) is 5.13 Å². The maximum absolute atomic E-state index is 12.8. The van der Waals surface area contributed by atoms with Gasteiger partial charge in [-0.2, -0.15) is 0 Å². The lowest BCUT2D eigenvalue weighted by Gasteiger charge is -2.22. The van der Waals surface area contributed by atoms with Crippen molar-refractivity contribution in [1.29, 1.82) is 0 Å². The van der Waals surface area contributed by atoms with E-state index >= 15 is 0 Å². The van der Waals surface area contributed by atoms with Crippen LogP contribution in [0.2, 0.25) is 0 Å². The number of halogens is 1. The summed E-state index contributed by atoms with van der Waals surface area (Å²) in [5, 5.41) is 5.06. The lowest BCUT2D eigenvalue weighted by molar-refractivity contribution is -0.116. The summed E-state index contributed by atoms with van der Waals surface area (Å²) in [6.07, 6.45) is 4.58. The van der Waals surface area contributed by atoms with Crippen LogP contribution in [0.15, 0.2) is 40.3 Å². The molecule has 1 N–H and O–H groups in total. The highest BCUT2D eigenvalue weighted by Gasteiger charge is 2.20. The molecular formula is C17H20BrN3O2S. The molecule has 0 radical (unpaired) electrons. The second-order valence-corrected chi connectivity index (χ2v) is 7.05. The molecule has 0 aliphatic heterocycles. The third kappa shape index (κ3) is 5.42. The summed E-state index contributed by atoms with van der Waals surface area (Å²) in [4.78, 5) is 30.7. The lowest BCUT2D eigenvalue weighted by Crippen LogP contribution is -2.38. The van der Waals surface area contributed by atoms with E-state index < -0.39 is 0 Å². The predicted octanol–water partition coefficient (Wildman–Crippen LogP) is 4.18. The summed E-state index contributed by atoms with van der Waals surface area (Å²) < 4.78 is 0.732. The number of hydrogen-bond donors (Lipinski definition) is 1. The van der Waals surface area contributed by atoms with Gasteiger partial charge in [-0.3, -0.25) is 9.59 Å². The summed E-state index contributed by atoms with van der Waals surface area (Å²) in [6, 6.07) is 7.26. The number of nitrogens with zero attached hydrogens (tertiary/aromatic N) is 2. The van der Waals surface area contributed by atoms with Crippen molar-refractivity contribution in [3.8, 4) is 0 Å². The molecule has 2 amide bonds. The second kappa shape index (κ2) is 9.54. The summed E-state index contributed by atoms with van der Waals surface area (Å²) in [7, 11) is 0. The normalized spacial score (nSPS) is 10.4. The molecule has 2 rings (SSSR count). The Morgan fingerprint density at radius 3 is 2.75 bits per heavy atom. The zero-order chi connectivity index (χ0) is 17.4. The Hall–Kier alpha value is -1.73. The van der Waals surface area contributed by atoms with Crippen LogP contribution in [0.3, 0.4) is 0 Å². The Morgan fingerprint density at radius 2 is 2.08 bits per heavy atom. The van der Waals surface area contributed by atoms with Crippen molar-refractivity contribution in [1.82, 2.24) is 9.88 Å². The van der Waals surface area contributed by atoms with Crippen LogP contribution in [-0.4, -0.2) is 34.8 Å². The van der Waals surface area contributed by atoms with Gasteiger partial charge in [-0.15, -0.1) is 11.3 Å². The fourth-order valence-electron chi connectivity index (χ4n) is 2.23. The van der Waals surface area contributed by atoms with E-state index in [1.54, 1.807) is 22.5 Å². The minimum absolute atomic E-state index is 0.0173. The van der Waals surface area contributed by atoms with Crippen molar-refractivity contribution in [3.63, 3.8) is 0 Å². The van der Waals surface area contributed by atoms with Crippen LogP contribution in [0, 0.1) is 0 Å². The van der Waals surface area contributed by atoms with Gasteiger partial charge in [0.2, 0.25) is 5.91 Å². The Kier molecular flexibility index (Phi) is 7.39. The van der Waals surface area contributed by atoms with Gasteiger partial charge in [0.25, 0.3) is 5.91 Å². The van der Waals surface area contributed by atoms with E-state index in [-0.39, 0.29) is 18.4 Å². The lowest BCUT2D eigenvalue weighted by atomic mass is 10.1. The fraction of sp³-hybridized carbons (Fsp3) is 0.353. The van der Waals surface area contributed by atoms with Crippen LogP contribution in [0.4, 0.5) is 5.13 Å². The molecule has 5 nitrogen and oxygen atoms in total. The maximum atomic E-state index is 12.8. The number of carbonyl (C=O) groups is 2. The quantitative estimate of drug-likeness (QED) is 0.665. The number of amides is 2. The van der Waals surface area contributed by atoms with E-state index in [0.717, 1.165) is 23.7 Å². The molecule has 0 aliphatic rings. The monoisotopic (exact) mass is 409 g/mol. The van der Waals surface area contributed by atoms with Crippen molar-refractivity contribution in [2.45, 2.75) is 26.2 Å². The first-order valence-corrected chi connectivity index (χ1v) is 9.52. The molecule has 1 heterocycles. The number of benzene rings is 1. The largest absolute Gasteiger partial charge is 0.329 e. The standard InChI is InChI=1S/C17H20BrN3O2S/c1-2-3-6-10-21(12-15(22)20-17-19-9-11-24-17)16(23)13-7-4-5-8-14(13)18/h4-5,7-9,11H,2-3,6,10,12H2,1H3,(H,19,20,22). The van der Waals surface area contributed by atoms with Gasteiger partial charge in [0.05, 0.1) is 5.56 Å². The molecule has 0 unspecified atom stereocenters. The number of anilines is 1. The van der Waals surface area contributed by atoms with Gasteiger partial charge in [-0.05, 0) is 34.5 Å². The molecule has 24 heavy (non-hydrogen) atoms. The number of carbonyl (C=O) groups excluding carboxylic acids is 2. The molecule has 0 aliphatic carbocycles. The van der Waals surface area contributed by atoms with Crippen LogP contribution < -0.4 is 5.32 Å². The summed E-state index contributed by atoms with van der Waals surface area (Å²) >= 11 is 4.76. The Bertz CT molecular complexity index is 676. The Balaban J connectivity index is 2.07. The number of hydrogen-bond acceptors (Lipinski definition) is 4. The Labute approximate surface area is 154 Å². The SMILES string of the molecule is CCCCCN(CC(=O)Nc1nccs1)C(=O)c1ccccc1Br. The maximum Gasteiger partial charge on any atom is 0.255 e. The van der Waals surface area contributed by atoms with E-state index in [1.807, 2.05) is 18.2 Å². The van der Waals surface area contributed by atoms with Crippen molar-refractivity contribution >= 4 is 44.2 Å². The van der Waals surface area contributed by atoms with Crippen LogP contribution in [-0.2, 0) is 4.79 Å². The molecule has 0 spiro atoms. The topological polar surface area (TPSA) is 62.3 Å². The fourth-order valence-corrected chi connectivity index (χ4v) is 3.23. The van der Waals surface area contributed by atoms with Crippen molar-refractivity contribution in [2.75, 3.05) is 18.4 Å². The van der Waals surface area contributed by atoms with E-state index in [2.05, 4.69) is 33.2 Å². The molecule has 7 heteroatoms. The average Bonchev–Trinajstić information content (AvgIpc) is 3.07. The van der Waals surface area contributed by atoms with Crippen molar-refractivity contribution in [3.05, 3.63) is 45.9 Å². The van der Waals surface area contributed by atoms with Crippen molar-refractivity contribution in [2.24, 2.45) is 0 Å². The number of thiazole rings is 1. The molecule has 1 aromatic heterocycles.